The van der Waals surface area contributed by atoms with Crippen molar-refractivity contribution in [2.75, 3.05) is 7.11 Å². The zero-order chi connectivity index (χ0) is 12.1. The number of nitrogens with two attached hydrogens (primary N) is 1. The van der Waals surface area contributed by atoms with Crippen molar-refractivity contribution < 1.29 is 9.53 Å². The molecule has 1 aromatic heterocycles. The van der Waals surface area contributed by atoms with E-state index in [0.29, 0.717) is 11.6 Å². The number of aromatic nitrogens is 1. The molecule has 1 saturated carbocycles. The molecule has 4 heteroatoms. The van der Waals surface area contributed by atoms with Crippen LogP contribution in [0.1, 0.15) is 35.9 Å². The monoisotopic (exact) mass is 222 g/mol. The zero-order valence-electron chi connectivity index (χ0n) is 10.2. The minimum atomic E-state index is -0.305. The van der Waals surface area contributed by atoms with Gasteiger partial charge in [0.2, 0.25) is 0 Å². The molecule has 4 nitrogen and oxygen atoms in total. The number of carbonyl (C=O) groups excluding carboxylic acids is 1. The molecule has 0 bridgehead atoms. The van der Waals surface area contributed by atoms with Gasteiger partial charge in [-0.1, -0.05) is 13.8 Å². The third-order valence-corrected chi connectivity index (χ3v) is 3.78. The number of ether oxygens (including phenoxy) is 1. The van der Waals surface area contributed by atoms with Crippen molar-refractivity contribution in [3.05, 3.63) is 23.5 Å². The molecule has 0 spiro atoms. The Bertz CT molecular complexity index is 434. The molecule has 1 heterocycles. The Kier molecular flexibility index (Phi) is 2.35. The van der Waals surface area contributed by atoms with Gasteiger partial charge in [0.05, 0.1) is 7.11 Å². The highest BCUT2D eigenvalue weighted by molar-refractivity contribution is 5.87. The quantitative estimate of drug-likeness (QED) is 0.766. The maximum absolute atomic E-state index is 11.5. The van der Waals surface area contributed by atoms with Crippen LogP contribution in [0.25, 0.3) is 0 Å². The van der Waals surface area contributed by atoms with Gasteiger partial charge in [-0.3, -0.25) is 0 Å². The van der Waals surface area contributed by atoms with Crippen molar-refractivity contribution in [2.24, 2.45) is 18.2 Å². The molecule has 2 N–H and O–H groups in total. The lowest BCUT2D eigenvalue weighted by molar-refractivity contribution is 0.0589. The molecule has 1 aliphatic carbocycles. The Labute approximate surface area is 95.4 Å². The number of hydrogen-bond donors (Lipinski definition) is 1. The minimum Gasteiger partial charge on any atom is -0.464 e. The Morgan fingerprint density at radius 1 is 1.50 bits per heavy atom. The molecule has 88 valence electrons. The molecule has 0 aliphatic heterocycles. The first kappa shape index (κ1) is 11.2. The number of hydrogen-bond acceptors (Lipinski definition) is 3. The average molecular weight is 222 g/mol. The first-order chi connectivity index (χ1) is 7.41. The van der Waals surface area contributed by atoms with Crippen LogP contribution in [0.3, 0.4) is 0 Å². The van der Waals surface area contributed by atoms with Gasteiger partial charge in [0, 0.05) is 24.7 Å². The van der Waals surface area contributed by atoms with Crippen molar-refractivity contribution in [1.82, 2.24) is 4.57 Å². The molecule has 16 heavy (non-hydrogen) atoms. The molecule has 2 atom stereocenters. The Morgan fingerprint density at radius 2 is 2.06 bits per heavy atom. The van der Waals surface area contributed by atoms with Gasteiger partial charge in [0.15, 0.2) is 0 Å². The van der Waals surface area contributed by atoms with Gasteiger partial charge in [0.25, 0.3) is 0 Å². The van der Waals surface area contributed by atoms with Crippen LogP contribution in [0.4, 0.5) is 0 Å². The molecule has 0 saturated heterocycles. The first-order valence-electron chi connectivity index (χ1n) is 5.40. The summed E-state index contributed by atoms with van der Waals surface area (Å²) in [5.41, 5.74) is 7.84. The second-order valence-corrected chi connectivity index (χ2v) is 5.02. The summed E-state index contributed by atoms with van der Waals surface area (Å²) in [5, 5.41) is 0. The normalized spacial score (nSPS) is 26.6. The van der Waals surface area contributed by atoms with Crippen LogP contribution < -0.4 is 5.73 Å². The van der Waals surface area contributed by atoms with E-state index >= 15 is 0 Å². The fourth-order valence-corrected chi connectivity index (χ4v) is 2.39. The largest absolute Gasteiger partial charge is 0.464 e. The van der Waals surface area contributed by atoms with E-state index in [4.69, 9.17) is 10.5 Å². The highest BCUT2D eigenvalue weighted by atomic mass is 16.5. The predicted octanol–water partition coefficient (Wildman–Crippen LogP) is 1.26. The molecule has 0 radical (unpaired) electrons. The highest BCUT2D eigenvalue weighted by Gasteiger charge is 2.57. The number of rotatable bonds is 2. The molecule has 0 amide bonds. The summed E-state index contributed by atoms with van der Waals surface area (Å²) < 4.78 is 6.60. The molecule has 0 unspecified atom stereocenters. The van der Waals surface area contributed by atoms with Gasteiger partial charge in [-0.15, -0.1) is 0 Å². The first-order valence-corrected chi connectivity index (χ1v) is 5.40. The van der Waals surface area contributed by atoms with Crippen LogP contribution in [0.2, 0.25) is 0 Å². The lowest BCUT2D eigenvalue weighted by Gasteiger charge is -2.07. The standard InChI is InChI=1S/C12H18N2O2/c1-12(2)9(10(12)13)7-5-6-8(14(7)3)11(15)16-4/h5-6,9-10H,13H2,1-4H3/t9-,10-/m0/s1. The van der Waals surface area contributed by atoms with E-state index in [0.717, 1.165) is 5.69 Å². The van der Waals surface area contributed by atoms with Gasteiger partial charge in [-0.2, -0.15) is 0 Å². The van der Waals surface area contributed by atoms with E-state index < -0.39 is 0 Å². The Balaban J connectivity index is 2.32. The van der Waals surface area contributed by atoms with E-state index in [1.807, 2.05) is 17.7 Å². The van der Waals surface area contributed by atoms with Gasteiger partial charge >= 0.3 is 5.97 Å². The second-order valence-electron chi connectivity index (χ2n) is 5.02. The Morgan fingerprint density at radius 3 is 2.50 bits per heavy atom. The van der Waals surface area contributed by atoms with E-state index in [2.05, 4.69) is 13.8 Å². The van der Waals surface area contributed by atoms with E-state index in [1.54, 1.807) is 6.07 Å². The van der Waals surface area contributed by atoms with E-state index in [1.165, 1.54) is 7.11 Å². The van der Waals surface area contributed by atoms with Gasteiger partial charge in [0.1, 0.15) is 5.69 Å². The molecule has 1 fully saturated rings. The van der Waals surface area contributed by atoms with Gasteiger partial charge in [-0.05, 0) is 17.5 Å². The minimum absolute atomic E-state index is 0.125. The summed E-state index contributed by atoms with van der Waals surface area (Å²) in [5.74, 6) is 0.0247. The number of nitrogens with zero attached hydrogens (tertiary/aromatic N) is 1. The maximum Gasteiger partial charge on any atom is 0.354 e. The van der Waals surface area contributed by atoms with E-state index in [-0.39, 0.29) is 17.4 Å². The maximum atomic E-state index is 11.5. The molecular formula is C12H18N2O2. The summed E-state index contributed by atoms with van der Waals surface area (Å²) in [4.78, 5) is 11.5. The summed E-state index contributed by atoms with van der Waals surface area (Å²) >= 11 is 0. The lowest BCUT2D eigenvalue weighted by atomic mass is 10.1. The van der Waals surface area contributed by atoms with Crippen LogP contribution in [-0.2, 0) is 11.8 Å². The Hall–Kier alpha value is -1.29. The molecule has 1 aromatic rings. The lowest BCUT2D eigenvalue weighted by Crippen LogP contribution is -2.10. The van der Waals surface area contributed by atoms with Crippen molar-refractivity contribution in [1.29, 1.82) is 0 Å². The average Bonchev–Trinajstić information content (AvgIpc) is 2.60. The topological polar surface area (TPSA) is 57.2 Å². The van der Waals surface area contributed by atoms with Gasteiger partial charge < -0.3 is 15.0 Å². The van der Waals surface area contributed by atoms with Crippen molar-refractivity contribution in [3.8, 4) is 0 Å². The number of carbonyl (C=O) groups is 1. The molecule has 0 aromatic carbocycles. The summed E-state index contributed by atoms with van der Waals surface area (Å²) in [7, 11) is 3.27. The number of esters is 1. The SMILES string of the molecule is COC(=O)c1ccc([C@H]2[C@H](N)C2(C)C)n1C. The third kappa shape index (κ3) is 1.37. The van der Waals surface area contributed by atoms with Crippen LogP contribution in [0, 0.1) is 5.41 Å². The predicted molar refractivity (Wildman–Crippen MR) is 61.2 cm³/mol. The van der Waals surface area contributed by atoms with Crippen LogP contribution in [-0.4, -0.2) is 23.7 Å². The number of methoxy groups -OCH3 is 1. The molecular weight excluding hydrogens is 204 g/mol. The second kappa shape index (κ2) is 3.35. The summed E-state index contributed by atoms with van der Waals surface area (Å²) in [6.45, 7) is 4.29. The van der Waals surface area contributed by atoms with Crippen LogP contribution in [0.5, 0.6) is 0 Å². The van der Waals surface area contributed by atoms with E-state index in [9.17, 15) is 4.79 Å². The van der Waals surface area contributed by atoms with Crippen molar-refractivity contribution in [3.63, 3.8) is 0 Å². The fourth-order valence-electron chi connectivity index (χ4n) is 2.39. The van der Waals surface area contributed by atoms with Crippen LogP contribution >= 0.6 is 0 Å². The highest BCUT2D eigenvalue weighted by Crippen LogP contribution is 2.57. The molecule has 2 rings (SSSR count). The summed E-state index contributed by atoms with van der Waals surface area (Å²) in [6, 6.07) is 3.93. The van der Waals surface area contributed by atoms with Crippen molar-refractivity contribution in [2.45, 2.75) is 25.8 Å². The molecule has 1 aliphatic rings. The van der Waals surface area contributed by atoms with Crippen molar-refractivity contribution >= 4 is 5.97 Å². The third-order valence-electron chi connectivity index (χ3n) is 3.78. The fraction of sp³-hybridized carbons (Fsp3) is 0.583. The summed E-state index contributed by atoms with van der Waals surface area (Å²) in [6.07, 6.45) is 0. The van der Waals surface area contributed by atoms with Gasteiger partial charge in [-0.25, -0.2) is 4.79 Å². The van der Waals surface area contributed by atoms with Crippen LogP contribution in [0.15, 0.2) is 12.1 Å². The zero-order valence-corrected chi connectivity index (χ0v) is 10.2. The smallest absolute Gasteiger partial charge is 0.354 e.